The lowest BCUT2D eigenvalue weighted by molar-refractivity contribution is 0.0697. The first-order valence-corrected chi connectivity index (χ1v) is 6.97. The number of carbonyl (C=O) groups is 1. The van der Waals surface area contributed by atoms with E-state index in [9.17, 15) is 9.90 Å². The smallest absolute Gasteiger partial charge is 0.335 e. The quantitative estimate of drug-likeness (QED) is 0.762. The molecule has 0 aliphatic heterocycles. The van der Waals surface area contributed by atoms with Crippen LogP contribution in [-0.4, -0.2) is 23.3 Å². The molecule has 0 spiro atoms. The zero-order valence-corrected chi connectivity index (χ0v) is 12.7. The molecule has 2 aromatic carbocycles. The highest BCUT2D eigenvalue weighted by Crippen LogP contribution is 2.33. The number of aromatic hydroxyl groups is 1. The van der Waals surface area contributed by atoms with Crippen molar-refractivity contribution in [3.05, 3.63) is 58.1 Å². The van der Waals surface area contributed by atoms with Gasteiger partial charge in [0.05, 0.1) is 12.7 Å². The van der Waals surface area contributed by atoms with Crippen LogP contribution in [0.3, 0.4) is 0 Å². The van der Waals surface area contributed by atoms with Gasteiger partial charge in [0.1, 0.15) is 0 Å². The van der Waals surface area contributed by atoms with Gasteiger partial charge in [-0.05, 0) is 23.8 Å². The molecule has 0 unspecified atom stereocenters. The van der Waals surface area contributed by atoms with Crippen LogP contribution in [0.5, 0.6) is 11.5 Å². The van der Waals surface area contributed by atoms with Crippen molar-refractivity contribution in [2.24, 2.45) is 0 Å². The second-order valence-electron chi connectivity index (χ2n) is 4.72. The second-order valence-corrected chi connectivity index (χ2v) is 5.16. The van der Waals surface area contributed by atoms with Crippen LogP contribution in [0.2, 0.25) is 5.02 Å². The second kappa shape index (κ2) is 7.15. The predicted molar refractivity (Wildman–Crippen MR) is 83.6 cm³/mol. The van der Waals surface area contributed by atoms with Crippen molar-refractivity contribution in [2.75, 3.05) is 7.11 Å². The molecule has 0 aromatic heterocycles. The van der Waals surface area contributed by atoms with Crippen LogP contribution in [-0.2, 0) is 13.1 Å². The van der Waals surface area contributed by atoms with E-state index in [1.807, 2.05) is 0 Å². The van der Waals surface area contributed by atoms with Crippen molar-refractivity contribution < 1.29 is 19.7 Å². The van der Waals surface area contributed by atoms with Gasteiger partial charge in [-0.3, -0.25) is 0 Å². The van der Waals surface area contributed by atoms with Crippen LogP contribution in [0.15, 0.2) is 36.4 Å². The monoisotopic (exact) mass is 321 g/mol. The average molecular weight is 322 g/mol. The molecule has 3 N–H and O–H groups in total. The van der Waals surface area contributed by atoms with Crippen LogP contribution < -0.4 is 10.1 Å². The Balaban J connectivity index is 1.99. The average Bonchev–Trinajstić information content (AvgIpc) is 2.50. The summed E-state index contributed by atoms with van der Waals surface area (Å²) in [7, 11) is 1.46. The van der Waals surface area contributed by atoms with E-state index < -0.39 is 5.97 Å². The highest BCUT2D eigenvalue weighted by Gasteiger charge is 2.09. The van der Waals surface area contributed by atoms with E-state index in [4.69, 9.17) is 21.4 Å². The number of carboxylic acids is 1. The Morgan fingerprint density at radius 2 is 1.91 bits per heavy atom. The number of rotatable bonds is 6. The van der Waals surface area contributed by atoms with E-state index in [2.05, 4.69) is 5.32 Å². The molecule has 0 saturated heterocycles. The topological polar surface area (TPSA) is 78.8 Å². The number of carboxylic acid groups (broad SMARTS) is 1. The van der Waals surface area contributed by atoms with Crippen LogP contribution in [0.4, 0.5) is 0 Å². The number of phenols is 1. The number of methoxy groups -OCH3 is 1. The number of aromatic carboxylic acids is 1. The first-order valence-electron chi connectivity index (χ1n) is 6.59. The fourth-order valence-electron chi connectivity index (χ4n) is 2.03. The summed E-state index contributed by atoms with van der Waals surface area (Å²) in [5.41, 5.74) is 1.82. The number of phenolic OH excluding ortho intramolecular Hbond substituents is 1. The maximum Gasteiger partial charge on any atom is 0.335 e. The molecule has 0 fully saturated rings. The van der Waals surface area contributed by atoms with Gasteiger partial charge < -0.3 is 20.3 Å². The zero-order valence-electron chi connectivity index (χ0n) is 12.0. The van der Waals surface area contributed by atoms with E-state index in [0.717, 1.165) is 5.56 Å². The van der Waals surface area contributed by atoms with Crippen molar-refractivity contribution in [3.63, 3.8) is 0 Å². The predicted octanol–water partition coefficient (Wildman–Crippen LogP) is 3.04. The first kappa shape index (κ1) is 16.1. The van der Waals surface area contributed by atoms with E-state index in [0.29, 0.717) is 29.4 Å². The van der Waals surface area contributed by atoms with Gasteiger partial charge in [0.25, 0.3) is 0 Å². The molecule has 5 nitrogen and oxygen atoms in total. The number of benzene rings is 2. The molecular weight excluding hydrogens is 306 g/mol. The maximum atomic E-state index is 10.8. The summed E-state index contributed by atoms with van der Waals surface area (Å²) in [5.74, 6) is -0.564. The summed E-state index contributed by atoms with van der Waals surface area (Å²) < 4.78 is 5.05. The lowest BCUT2D eigenvalue weighted by atomic mass is 10.1. The van der Waals surface area contributed by atoms with Gasteiger partial charge in [0.15, 0.2) is 11.5 Å². The van der Waals surface area contributed by atoms with Crippen LogP contribution >= 0.6 is 11.6 Å². The van der Waals surface area contributed by atoms with Crippen LogP contribution in [0.25, 0.3) is 0 Å². The Morgan fingerprint density at radius 1 is 1.23 bits per heavy atom. The van der Waals surface area contributed by atoms with Crippen molar-refractivity contribution in [1.29, 1.82) is 0 Å². The van der Waals surface area contributed by atoms with Gasteiger partial charge in [-0.1, -0.05) is 23.7 Å². The largest absolute Gasteiger partial charge is 0.504 e. The Labute approximate surface area is 133 Å². The lowest BCUT2D eigenvalue weighted by Gasteiger charge is -2.11. The summed E-state index contributed by atoms with van der Waals surface area (Å²) in [6.07, 6.45) is 0. The lowest BCUT2D eigenvalue weighted by Crippen LogP contribution is -2.13. The number of hydrogen-bond donors (Lipinski definition) is 3. The third-order valence-corrected chi connectivity index (χ3v) is 3.40. The molecule has 0 aliphatic carbocycles. The summed E-state index contributed by atoms with van der Waals surface area (Å²) >= 11 is 5.97. The number of halogens is 1. The minimum atomic E-state index is -0.949. The first-order chi connectivity index (χ1) is 10.5. The van der Waals surface area contributed by atoms with E-state index >= 15 is 0 Å². The van der Waals surface area contributed by atoms with Gasteiger partial charge in [-0.2, -0.15) is 0 Å². The van der Waals surface area contributed by atoms with Crippen LogP contribution in [0.1, 0.15) is 21.5 Å². The Bertz CT molecular complexity index is 671. The third kappa shape index (κ3) is 3.90. The number of nitrogens with one attached hydrogen (secondary N) is 1. The molecule has 0 amide bonds. The normalized spacial score (nSPS) is 10.5. The minimum absolute atomic E-state index is 0.0561. The third-order valence-electron chi connectivity index (χ3n) is 3.18. The summed E-state index contributed by atoms with van der Waals surface area (Å²) in [6, 6.07) is 9.81. The molecule has 0 saturated carbocycles. The fraction of sp³-hybridized carbons (Fsp3) is 0.188. The molecule has 116 valence electrons. The van der Waals surface area contributed by atoms with Crippen molar-refractivity contribution in [2.45, 2.75) is 13.1 Å². The standard InChI is InChI=1S/C16H16ClNO4/c1-22-14-7-13(17)6-12(15(14)19)9-18-8-10-2-4-11(5-3-10)16(20)21/h2-7,18-19H,8-9H2,1H3,(H,20,21). The molecule has 0 heterocycles. The van der Waals surface area contributed by atoms with Gasteiger partial charge >= 0.3 is 5.97 Å². The Kier molecular flexibility index (Phi) is 5.25. The number of ether oxygens (including phenoxy) is 1. The summed E-state index contributed by atoms with van der Waals surface area (Å²) in [6.45, 7) is 0.942. The molecule has 0 aliphatic rings. The van der Waals surface area contributed by atoms with Gasteiger partial charge in [0, 0.05) is 29.7 Å². The highest BCUT2D eigenvalue weighted by molar-refractivity contribution is 6.30. The fourth-order valence-corrected chi connectivity index (χ4v) is 2.26. The molecule has 0 atom stereocenters. The molecule has 0 radical (unpaired) electrons. The van der Waals surface area contributed by atoms with Crippen molar-refractivity contribution in [1.82, 2.24) is 5.32 Å². The molecule has 2 aromatic rings. The molecule has 0 bridgehead atoms. The maximum absolute atomic E-state index is 10.8. The highest BCUT2D eigenvalue weighted by atomic mass is 35.5. The summed E-state index contributed by atoms with van der Waals surface area (Å²) in [4.78, 5) is 10.8. The molecule has 22 heavy (non-hydrogen) atoms. The number of hydrogen-bond acceptors (Lipinski definition) is 4. The van der Waals surface area contributed by atoms with E-state index in [1.165, 1.54) is 7.11 Å². The van der Waals surface area contributed by atoms with Gasteiger partial charge in [0.2, 0.25) is 0 Å². The zero-order chi connectivity index (χ0) is 16.1. The van der Waals surface area contributed by atoms with Gasteiger partial charge in [-0.25, -0.2) is 4.79 Å². The Hall–Kier alpha value is -2.24. The van der Waals surface area contributed by atoms with Gasteiger partial charge in [-0.15, -0.1) is 0 Å². The van der Waals surface area contributed by atoms with Crippen molar-refractivity contribution >= 4 is 17.6 Å². The van der Waals surface area contributed by atoms with Crippen molar-refractivity contribution in [3.8, 4) is 11.5 Å². The summed E-state index contributed by atoms with van der Waals surface area (Å²) in [5, 5.41) is 22.5. The Morgan fingerprint density at radius 3 is 2.50 bits per heavy atom. The van der Waals surface area contributed by atoms with E-state index in [1.54, 1.807) is 36.4 Å². The van der Waals surface area contributed by atoms with Crippen LogP contribution in [0, 0.1) is 0 Å². The minimum Gasteiger partial charge on any atom is -0.504 e. The molecule has 6 heteroatoms. The molecule has 2 rings (SSSR count). The SMILES string of the molecule is COc1cc(Cl)cc(CNCc2ccc(C(=O)O)cc2)c1O. The molecular formula is C16H16ClNO4. The van der Waals surface area contributed by atoms with E-state index in [-0.39, 0.29) is 11.3 Å².